The molecular weight excluding hydrogens is 591 g/mol. The fourth-order valence-corrected chi connectivity index (χ4v) is 5.85. The summed E-state index contributed by atoms with van der Waals surface area (Å²) >= 11 is 0. The topological polar surface area (TPSA) is 32.7 Å². The lowest BCUT2D eigenvalue weighted by molar-refractivity contribution is 0.0710. The number of hydrogen-bond donors (Lipinski definition) is 0. The smallest absolute Gasteiger partial charge is 0.253 e. The van der Waals surface area contributed by atoms with Crippen LogP contribution in [0, 0.1) is 37.9 Å². The van der Waals surface area contributed by atoms with Gasteiger partial charge in [0.15, 0.2) is 0 Å². The number of para-hydroxylation sites is 1. The number of piperidine rings is 1. The van der Waals surface area contributed by atoms with Crippen LogP contribution in [0.1, 0.15) is 84.1 Å². The Hall–Kier alpha value is -5.01. The van der Waals surface area contributed by atoms with Crippen molar-refractivity contribution in [3.63, 3.8) is 0 Å². The van der Waals surface area contributed by atoms with Gasteiger partial charge in [-0.25, -0.2) is 9.38 Å². The molecular formula is C44H47FN2O. The van der Waals surface area contributed by atoms with Crippen LogP contribution < -0.4 is 0 Å². The highest BCUT2D eigenvalue weighted by atomic mass is 19.1. The zero-order chi connectivity index (χ0) is 34.6. The molecule has 1 aliphatic rings. The molecule has 3 nitrogen and oxygen atoms in total. The summed E-state index contributed by atoms with van der Waals surface area (Å²) in [5.74, 6) is 3.35. The van der Waals surface area contributed by atoms with E-state index in [0.717, 1.165) is 57.6 Å². The summed E-state index contributed by atoms with van der Waals surface area (Å²) < 4.78 is 14.0. The van der Waals surface area contributed by atoms with E-state index in [9.17, 15) is 9.18 Å². The van der Waals surface area contributed by atoms with Crippen molar-refractivity contribution >= 4 is 22.9 Å². The summed E-state index contributed by atoms with van der Waals surface area (Å²) in [5.41, 5.74) is 9.51. The lowest BCUT2D eigenvalue weighted by atomic mass is 9.90. The molecule has 1 fully saturated rings. The minimum Gasteiger partial charge on any atom is -0.339 e. The average Bonchev–Trinajstić information content (AvgIpc) is 3.09. The van der Waals surface area contributed by atoms with E-state index in [4.69, 9.17) is 11.4 Å². The molecule has 0 atom stereocenters. The molecule has 0 saturated carbocycles. The zero-order valence-electron chi connectivity index (χ0n) is 29.0. The first-order valence-electron chi connectivity index (χ1n) is 16.7. The fraction of sp³-hybridized carbons (Fsp3) is 0.273. The molecule has 4 aromatic rings. The zero-order valence-corrected chi connectivity index (χ0v) is 29.0. The van der Waals surface area contributed by atoms with E-state index in [1.165, 1.54) is 11.6 Å². The van der Waals surface area contributed by atoms with Crippen molar-refractivity contribution < 1.29 is 9.18 Å². The van der Waals surface area contributed by atoms with Gasteiger partial charge in [-0.3, -0.25) is 4.79 Å². The number of rotatable bonds is 8. The number of carbonyl (C=O) groups excluding carboxylic acids is 1. The van der Waals surface area contributed by atoms with Crippen molar-refractivity contribution in [3.05, 3.63) is 154 Å². The number of likely N-dealkylation sites (tertiary alicyclic amines) is 1. The van der Waals surface area contributed by atoms with Gasteiger partial charge in [0.1, 0.15) is 5.82 Å². The van der Waals surface area contributed by atoms with Crippen molar-refractivity contribution in [2.75, 3.05) is 13.1 Å². The summed E-state index contributed by atoms with van der Waals surface area (Å²) in [7, 11) is 0. The maximum Gasteiger partial charge on any atom is 0.253 e. The monoisotopic (exact) mass is 638 g/mol. The van der Waals surface area contributed by atoms with Gasteiger partial charge in [0, 0.05) is 24.6 Å². The van der Waals surface area contributed by atoms with Gasteiger partial charge in [0.2, 0.25) is 0 Å². The van der Waals surface area contributed by atoms with Crippen molar-refractivity contribution in [2.24, 2.45) is 10.9 Å². The highest BCUT2D eigenvalue weighted by molar-refractivity contribution is 6.03. The first-order chi connectivity index (χ1) is 23.1. The first-order valence-corrected chi connectivity index (χ1v) is 16.7. The number of terminal acetylenes is 1. The lowest BCUT2D eigenvalue weighted by Gasteiger charge is -2.32. The van der Waals surface area contributed by atoms with Crippen LogP contribution in [0.4, 0.5) is 10.1 Å². The predicted octanol–water partition coefficient (Wildman–Crippen LogP) is 10.9. The average molecular weight is 639 g/mol. The number of nitrogens with zero attached hydrogens (tertiary/aromatic N) is 2. The van der Waals surface area contributed by atoms with Crippen LogP contribution in [0.15, 0.2) is 120 Å². The largest absolute Gasteiger partial charge is 0.339 e. The van der Waals surface area contributed by atoms with E-state index in [2.05, 4.69) is 56.7 Å². The number of allylic oxidation sites excluding steroid dienone is 2. The SMILES string of the molecule is C#CC(=Nc1ccccc1C)C1CCN(C(=O)c2ccc(/C(=C\CC(=C)C)c3cccc(F)c3)c(C)c2)CC1.CC(C)c1ccccc1. The molecule has 1 aliphatic heterocycles. The van der Waals surface area contributed by atoms with Gasteiger partial charge in [-0.2, -0.15) is 0 Å². The van der Waals surface area contributed by atoms with Gasteiger partial charge in [0.25, 0.3) is 5.91 Å². The molecule has 1 heterocycles. The molecule has 0 bridgehead atoms. The molecule has 0 aromatic heterocycles. The molecule has 0 spiro atoms. The minimum absolute atomic E-state index is 0.0134. The van der Waals surface area contributed by atoms with E-state index < -0.39 is 0 Å². The van der Waals surface area contributed by atoms with Gasteiger partial charge in [-0.1, -0.05) is 105 Å². The summed E-state index contributed by atoms with van der Waals surface area (Å²) in [6.45, 7) is 15.7. The summed E-state index contributed by atoms with van der Waals surface area (Å²) in [5, 5.41) is 0. The van der Waals surface area contributed by atoms with Gasteiger partial charge < -0.3 is 4.90 Å². The van der Waals surface area contributed by atoms with Gasteiger partial charge in [0.05, 0.1) is 11.4 Å². The van der Waals surface area contributed by atoms with Crippen LogP contribution in [0.2, 0.25) is 0 Å². The number of aryl methyl sites for hydroxylation is 2. The molecule has 0 unspecified atom stereocenters. The number of halogens is 1. The van der Waals surface area contributed by atoms with Crippen LogP contribution in [0.25, 0.3) is 5.57 Å². The molecule has 48 heavy (non-hydrogen) atoms. The van der Waals surface area contributed by atoms with E-state index in [1.807, 2.05) is 80.3 Å². The van der Waals surface area contributed by atoms with Crippen molar-refractivity contribution in [1.29, 1.82) is 0 Å². The Bertz CT molecular complexity index is 1820. The Kier molecular flexibility index (Phi) is 12.9. The number of amides is 1. The van der Waals surface area contributed by atoms with Crippen molar-refractivity contribution in [1.82, 2.24) is 4.90 Å². The van der Waals surface area contributed by atoms with E-state index in [1.54, 1.807) is 12.1 Å². The molecule has 246 valence electrons. The van der Waals surface area contributed by atoms with Gasteiger partial charge >= 0.3 is 0 Å². The quantitative estimate of drug-likeness (QED) is 0.107. The second kappa shape index (κ2) is 17.2. The first kappa shape index (κ1) is 35.8. The Balaban J connectivity index is 0.000000500. The number of benzene rings is 4. The Labute approximate surface area is 287 Å². The third kappa shape index (κ3) is 9.75. The van der Waals surface area contributed by atoms with E-state index in [-0.39, 0.29) is 17.6 Å². The van der Waals surface area contributed by atoms with E-state index in [0.29, 0.717) is 31.0 Å². The predicted molar refractivity (Wildman–Crippen MR) is 200 cm³/mol. The summed E-state index contributed by atoms with van der Waals surface area (Å²) in [4.78, 5) is 20.1. The second-order valence-corrected chi connectivity index (χ2v) is 12.9. The maximum absolute atomic E-state index is 14.0. The van der Waals surface area contributed by atoms with Gasteiger partial charge in [-0.15, -0.1) is 6.42 Å². The van der Waals surface area contributed by atoms with Crippen LogP contribution in [0.5, 0.6) is 0 Å². The molecule has 1 saturated heterocycles. The highest BCUT2D eigenvalue weighted by Gasteiger charge is 2.26. The fourth-order valence-electron chi connectivity index (χ4n) is 5.85. The third-order valence-electron chi connectivity index (χ3n) is 8.69. The number of aliphatic imine (C=N–C) groups is 1. The third-order valence-corrected chi connectivity index (χ3v) is 8.69. The van der Waals surface area contributed by atoms with Crippen molar-refractivity contribution in [2.45, 2.75) is 59.8 Å². The van der Waals surface area contributed by atoms with Crippen LogP contribution in [-0.4, -0.2) is 29.6 Å². The van der Waals surface area contributed by atoms with Crippen LogP contribution in [0.3, 0.4) is 0 Å². The standard InChI is InChI=1S/C35H35FN2O.C9H12/c1-6-33(37-34-13-8-7-10-25(34)4)27-18-20-38(21-19-27)35(39)29-15-17-31(26(5)22-29)32(16-14-24(2)3)28-11-9-12-30(36)23-28;1-8(2)9-6-4-3-5-7-9/h1,7-13,15-17,22-23,27H,2,14,18-21H2,3-5H3;3-8H,1-2H3/b32-16-,37-33?;. The highest BCUT2D eigenvalue weighted by Crippen LogP contribution is 2.30. The lowest BCUT2D eigenvalue weighted by Crippen LogP contribution is -2.40. The molecule has 1 amide bonds. The molecule has 0 radical (unpaired) electrons. The van der Waals surface area contributed by atoms with Crippen LogP contribution in [-0.2, 0) is 0 Å². The minimum atomic E-state index is -0.279. The summed E-state index contributed by atoms with van der Waals surface area (Å²) in [6, 6.07) is 30.9. The molecule has 0 aliphatic carbocycles. The molecule has 4 heteroatoms. The number of hydrogen-bond acceptors (Lipinski definition) is 2. The van der Waals surface area contributed by atoms with E-state index >= 15 is 0 Å². The van der Waals surface area contributed by atoms with Gasteiger partial charge in [-0.05, 0) is 110 Å². The van der Waals surface area contributed by atoms with Crippen LogP contribution >= 0.6 is 0 Å². The number of carbonyl (C=O) groups is 1. The Morgan fingerprint density at radius 1 is 0.938 bits per heavy atom. The Morgan fingerprint density at radius 2 is 1.62 bits per heavy atom. The Morgan fingerprint density at radius 3 is 2.21 bits per heavy atom. The second-order valence-electron chi connectivity index (χ2n) is 12.9. The molecule has 5 rings (SSSR count). The molecule has 4 aromatic carbocycles. The summed E-state index contributed by atoms with van der Waals surface area (Å²) in [6.07, 6.45) is 10.2. The normalized spacial score (nSPS) is 13.8. The molecule has 0 N–H and O–H groups in total. The van der Waals surface area contributed by atoms with Crippen molar-refractivity contribution in [3.8, 4) is 12.3 Å². The maximum atomic E-state index is 14.0.